The Hall–Kier alpha value is -3.69. The summed E-state index contributed by atoms with van der Waals surface area (Å²) in [6.45, 7) is 2.23. The van der Waals surface area contributed by atoms with Crippen molar-refractivity contribution in [3.8, 4) is 17.3 Å². The van der Waals surface area contributed by atoms with Gasteiger partial charge in [0.1, 0.15) is 38.0 Å². The van der Waals surface area contributed by atoms with Crippen LogP contribution < -0.4 is 19.7 Å². The van der Waals surface area contributed by atoms with Gasteiger partial charge in [-0.2, -0.15) is 5.10 Å². The van der Waals surface area contributed by atoms with Crippen LogP contribution >= 0.6 is 0 Å². The third-order valence-corrected chi connectivity index (χ3v) is 4.68. The van der Waals surface area contributed by atoms with E-state index in [0.717, 1.165) is 5.82 Å². The lowest BCUT2D eigenvalue weighted by atomic mass is 9.99. The van der Waals surface area contributed by atoms with Crippen LogP contribution in [-0.2, 0) is 4.79 Å². The highest BCUT2D eigenvalue weighted by molar-refractivity contribution is 5.94. The van der Waals surface area contributed by atoms with Gasteiger partial charge in [-0.3, -0.25) is 4.79 Å². The van der Waals surface area contributed by atoms with Crippen LogP contribution in [-0.4, -0.2) is 56.9 Å². The molecule has 2 aromatic heterocycles. The molecular formula is C18H17N7O3. The Bertz CT molecular complexity index is 1000. The first-order chi connectivity index (χ1) is 13.8. The SMILES string of the molecule is O=C(Nc1ccc2c(c1)OCCO2)C1CN(c2cc(-n3cncn3)ncn2)C1. The third-order valence-electron chi connectivity index (χ3n) is 4.68. The highest BCUT2D eigenvalue weighted by atomic mass is 16.6. The number of rotatable bonds is 4. The fourth-order valence-electron chi connectivity index (χ4n) is 3.16. The van der Waals surface area contributed by atoms with E-state index in [-0.39, 0.29) is 11.8 Å². The lowest BCUT2D eigenvalue weighted by Crippen LogP contribution is -2.52. The van der Waals surface area contributed by atoms with Gasteiger partial charge >= 0.3 is 0 Å². The fourth-order valence-corrected chi connectivity index (χ4v) is 3.16. The maximum Gasteiger partial charge on any atom is 0.231 e. The molecule has 0 unspecified atom stereocenters. The van der Waals surface area contributed by atoms with E-state index in [1.54, 1.807) is 17.1 Å². The van der Waals surface area contributed by atoms with Gasteiger partial charge in [0, 0.05) is 30.9 Å². The molecule has 142 valence electrons. The lowest BCUT2D eigenvalue weighted by molar-refractivity contribution is -0.120. The molecule has 2 aliphatic rings. The second-order valence-corrected chi connectivity index (χ2v) is 6.52. The summed E-state index contributed by atoms with van der Waals surface area (Å²) in [5, 5.41) is 7.01. The number of carbonyl (C=O) groups is 1. The van der Waals surface area contributed by atoms with E-state index >= 15 is 0 Å². The maximum atomic E-state index is 12.5. The summed E-state index contributed by atoms with van der Waals surface area (Å²) >= 11 is 0. The van der Waals surface area contributed by atoms with E-state index in [2.05, 4.69) is 25.4 Å². The molecule has 1 amide bonds. The standard InChI is InChI=1S/C18H17N7O3/c26-18(23-13-1-2-14-15(5-13)28-4-3-27-14)12-7-24(8-12)16-6-17(21-10-20-16)25-11-19-9-22-25/h1-2,5-6,9-12H,3-4,7-8H2,(H,23,26). The molecule has 1 saturated heterocycles. The molecule has 28 heavy (non-hydrogen) atoms. The van der Waals surface area contributed by atoms with E-state index in [1.165, 1.54) is 12.7 Å². The average Bonchev–Trinajstić information content (AvgIpc) is 3.22. The van der Waals surface area contributed by atoms with Gasteiger partial charge in [0.05, 0.1) is 5.92 Å². The topological polar surface area (TPSA) is 107 Å². The first-order valence-electron chi connectivity index (χ1n) is 8.89. The quantitative estimate of drug-likeness (QED) is 0.713. The fraction of sp³-hybridized carbons (Fsp3) is 0.278. The Labute approximate surface area is 160 Å². The Morgan fingerprint density at radius 2 is 1.86 bits per heavy atom. The monoisotopic (exact) mass is 379 g/mol. The minimum Gasteiger partial charge on any atom is -0.486 e. The highest BCUT2D eigenvalue weighted by Crippen LogP contribution is 2.33. The number of carbonyl (C=O) groups excluding carboxylic acids is 1. The zero-order valence-electron chi connectivity index (χ0n) is 14.9. The molecule has 4 heterocycles. The number of anilines is 2. The first kappa shape index (κ1) is 16.5. The minimum absolute atomic E-state index is 0.0292. The van der Waals surface area contributed by atoms with Crippen molar-refractivity contribution < 1.29 is 14.3 Å². The van der Waals surface area contributed by atoms with E-state index < -0.39 is 0 Å². The molecule has 0 spiro atoms. The molecule has 0 atom stereocenters. The van der Waals surface area contributed by atoms with Crippen molar-refractivity contribution >= 4 is 17.4 Å². The second kappa shape index (κ2) is 6.80. The van der Waals surface area contributed by atoms with Crippen molar-refractivity contribution in [2.45, 2.75) is 0 Å². The zero-order chi connectivity index (χ0) is 18.9. The number of hydrogen-bond donors (Lipinski definition) is 1. The summed E-state index contributed by atoms with van der Waals surface area (Å²) in [6, 6.07) is 7.24. The molecule has 2 aliphatic heterocycles. The van der Waals surface area contributed by atoms with E-state index in [1.807, 2.05) is 23.1 Å². The Kier molecular flexibility index (Phi) is 4.00. The average molecular weight is 379 g/mol. The van der Waals surface area contributed by atoms with Crippen molar-refractivity contribution in [3.63, 3.8) is 0 Å². The summed E-state index contributed by atoms with van der Waals surface area (Å²) in [5.74, 6) is 2.60. The number of hydrogen-bond acceptors (Lipinski definition) is 8. The van der Waals surface area contributed by atoms with Crippen LogP contribution in [0.1, 0.15) is 0 Å². The number of aromatic nitrogens is 5. The third kappa shape index (κ3) is 3.08. The van der Waals surface area contributed by atoms with E-state index in [4.69, 9.17) is 9.47 Å². The zero-order valence-corrected chi connectivity index (χ0v) is 14.9. The molecule has 1 aromatic carbocycles. The molecule has 1 N–H and O–H groups in total. The van der Waals surface area contributed by atoms with Crippen LogP contribution in [0.4, 0.5) is 11.5 Å². The normalized spacial score (nSPS) is 15.8. The molecule has 1 fully saturated rings. The molecule has 10 heteroatoms. The molecule has 3 aromatic rings. The largest absolute Gasteiger partial charge is 0.486 e. The minimum atomic E-state index is -0.113. The summed E-state index contributed by atoms with van der Waals surface area (Å²) in [4.78, 5) is 26.9. The van der Waals surface area contributed by atoms with Gasteiger partial charge in [-0.05, 0) is 12.1 Å². The highest BCUT2D eigenvalue weighted by Gasteiger charge is 2.34. The number of benzene rings is 1. The van der Waals surface area contributed by atoms with Crippen LogP contribution in [0.5, 0.6) is 11.5 Å². The van der Waals surface area contributed by atoms with Crippen molar-refractivity contribution in [2.24, 2.45) is 5.92 Å². The number of amides is 1. The van der Waals surface area contributed by atoms with Gasteiger partial charge in [0.2, 0.25) is 5.91 Å². The van der Waals surface area contributed by atoms with Crippen LogP contribution in [0.25, 0.3) is 5.82 Å². The van der Waals surface area contributed by atoms with Gasteiger partial charge in [0.25, 0.3) is 0 Å². The predicted molar refractivity (Wildman–Crippen MR) is 98.7 cm³/mol. The molecule has 10 nitrogen and oxygen atoms in total. The molecule has 0 bridgehead atoms. The molecular weight excluding hydrogens is 362 g/mol. The van der Waals surface area contributed by atoms with Gasteiger partial charge in [-0.15, -0.1) is 0 Å². The van der Waals surface area contributed by atoms with Crippen molar-refractivity contribution in [1.82, 2.24) is 24.7 Å². The Balaban J connectivity index is 1.21. The van der Waals surface area contributed by atoms with Gasteiger partial charge in [-0.1, -0.05) is 0 Å². The number of nitrogens with zero attached hydrogens (tertiary/aromatic N) is 6. The maximum absolute atomic E-state index is 12.5. The molecule has 0 aliphatic carbocycles. The number of nitrogens with one attached hydrogen (secondary N) is 1. The Morgan fingerprint density at radius 3 is 2.68 bits per heavy atom. The molecule has 5 rings (SSSR count). The van der Waals surface area contributed by atoms with Crippen molar-refractivity contribution in [2.75, 3.05) is 36.5 Å². The van der Waals surface area contributed by atoms with Crippen LogP contribution in [0.3, 0.4) is 0 Å². The van der Waals surface area contributed by atoms with Crippen LogP contribution in [0.15, 0.2) is 43.2 Å². The van der Waals surface area contributed by atoms with E-state index in [9.17, 15) is 4.79 Å². The Morgan fingerprint density at radius 1 is 1.04 bits per heavy atom. The van der Waals surface area contributed by atoms with Crippen LogP contribution in [0, 0.1) is 5.92 Å². The first-order valence-corrected chi connectivity index (χ1v) is 8.89. The number of ether oxygens (including phenoxy) is 2. The second-order valence-electron chi connectivity index (χ2n) is 6.52. The molecule has 0 saturated carbocycles. The van der Waals surface area contributed by atoms with Crippen LogP contribution in [0.2, 0.25) is 0 Å². The van der Waals surface area contributed by atoms with E-state index in [0.29, 0.717) is 49.3 Å². The summed E-state index contributed by atoms with van der Waals surface area (Å²) in [5.41, 5.74) is 0.697. The predicted octanol–water partition coefficient (Wildman–Crippen LogP) is 0.903. The lowest BCUT2D eigenvalue weighted by Gasteiger charge is -2.39. The summed E-state index contributed by atoms with van der Waals surface area (Å²) < 4.78 is 12.6. The van der Waals surface area contributed by atoms with Gasteiger partial charge < -0.3 is 19.7 Å². The smallest absolute Gasteiger partial charge is 0.231 e. The molecule has 0 radical (unpaired) electrons. The van der Waals surface area contributed by atoms with Gasteiger partial charge in [0.15, 0.2) is 17.3 Å². The summed E-state index contributed by atoms with van der Waals surface area (Å²) in [7, 11) is 0. The van der Waals surface area contributed by atoms with Crippen molar-refractivity contribution in [1.29, 1.82) is 0 Å². The number of fused-ring (bicyclic) bond motifs is 1. The summed E-state index contributed by atoms with van der Waals surface area (Å²) in [6.07, 6.45) is 4.50. The van der Waals surface area contributed by atoms with Crippen molar-refractivity contribution in [3.05, 3.63) is 43.2 Å². The van der Waals surface area contributed by atoms with Gasteiger partial charge in [-0.25, -0.2) is 19.6 Å².